The van der Waals surface area contributed by atoms with Crippen LogP contribution >= 0.6 is 0 Å². The number of aromatic nitrogens is 2. The topological polar surface area (TPSA) is 76.2 Å². The summed E-state index contributed by atoms with van der Waals surface area (Å²) < 4.78 is 4.86. The summed E-state index contributed by atoms with van der Waals surface area (Å²) in [5.74, 6) is -1.11. The monoisotopic (exact) mass is 164 g/mol. The standard InChI is InChI=1S/C7H4N2O3/c10-7(11)5-6-4(1-2-8-5)9-3-12-6/h1-3H,(H,10,11). The second kappa shape index (κ2) is 2.30. The van der Waals surface area contributed by atoms with E-state index in [0.29, 0.717) is 5.52 Å². The molecule has 0 atom stereocenters. The number of hydrogen-bond acceptors (Lipinski definition) is 4. The Bertz CT molecular complexity index is 435. The summed E-state index contributed by atoms with van der Waals surface area (Å²) >= 11 is 0. The van der Waals surface area contributed by atoms with E-state index < -0.39 is 5.97 Å². The summed E-state index contributed by atoms with van der Waals surface area (Å²) in [6.07, 6.45) is 2.58. The summed E-state index contributed by atoms with van der Waals surface area (Å²) in [7, 11) is 0. The molecule has 5 heteroatoms. The summed E-state index contributed by atoms with van der Waals surface area (Å²) in [5, 5.41) is 8.65. The molecule has 0 aromatic carbocycles. The van der Waals surface area contributed by atoms with Crippen LogP contribution in [0.3, 0.4) is 0 Å². The van der Waals surface area contributed by atoms with Crippen molar-refractivity contribution in [3.8, 4) is 0 Å². The van der Waals surface area contributed by atoms with Gasteiger partial charge in [0.25, 0.3) is 0 Å². The van der Waals surface area contributed by atoms with Crippen molar-refractivity contribution in [3.63, 3.8) is 0 Å². The number of carbonyl (C=O) groups is 1. The van der Waals surface area contributed by atoms with Gasteiger partial charge in [-0.25, -0.2) is 14.8 Å². The van der Waals surface area contributed by atoms with Gasteiger partial charge in [0.15, 0.2) is 17.7 Å². The lowest BCUT2D eigenvalue weighted by Gasteiger charge is -1.91. The first-order chi connectivity index (χ1) is 5.79. The van der Waals surface area contributed by atoms with E-state index >= 15 is 0 Å². The van der Waals surface area contributed by atoms with Crippen molar-refractivity contribution in [3.05, 3.63) is 24.4 Å². The Morgan fingerprint density at radius 2 is 2.33 bits per heavy atom. The highest BCUT2D eigenvalue weighted by Gasteiger charge is 2.12. The fraction of sp³-hybridized carbons (Fsp3) is 0. The molecular formula is C7H4N2O3. The molecule has 0 aliphatic heterocycles. The molecule has 2 rings (SSSR count). The molecule has 0 spiro atoms. The zero-order valence-electron chi connectivity index (χ0n) is 5.89. The number of oxazole rings is 1. The van der Waals surface area contributed by atoms with Crippen molar-refractivity contribution in [2.45, 2.75) is 0 Å². The van der Waals surface area contributed by atoms with Gasteiger partial charge in [0.05, 0.1) is 0 Å². The van der Waals surface area contributed by atoms with E-state index in [-0.39, 0.29) is 11.3 Å². The number of aromatic carboxylic acids is 1. The van der Waals surface area contributed by atoms with Gasteiger partial charge in [0, 0.05) is 6.20 Å². The highest BCUT2D eigenvalue weighted by Crippen LogP contribution is 2.14. The minimum atomic E-state index is -1.11. The molecule has 5 nitrogen and oxygen atoms in total. The molecule has 2 aromatic rings. The highest BCUT2D eigenvalue weighted by molar-refractivity contribution is 5.97. The molecule has 0 saturated heterocycles. The van der Waals surface area contributed by atoms with E-state index in [0.717, 1.165) is 0 Å². The van der Waals surface area contributed by atoms with Gasteiger partial charge in [-0.05, 0) is 6.07 Å². The summed E-state index contributed by atoms with van der Waals surface area (Å²) in [4.78, 5) is 18.0. The van der Waals surface area contributed by atoms with Gasteiger partial charge in [0.1, 0.15) is 5.52 Å². The Kier molecular flexibility index (Phi) is 1.30. The van der Waals surface area contributed by atoms with Gasteiger partial charge in [-0.3, -0.25) is 0 Å². The van der Waals surface area contributed by atoms with Crippen molar-refractivity contribution in [1.29, 1.82) is 0 Å². The SMILES string of the molecule is O=C(O)c1nccc2ncoc12. The first kappa shape index (κ1) is 6.78. The summed E-state index contributed by atoms with van der Waals surface area (Å²) in [6.45, 7) is 0. The van der Waals surface area contributed by atoms with Gasteiger partial charge in [-0.15, -0.1) is 0 Å². The smallest absolute Gasteiger partial charge is 0.358 e. The Morgan fingerprint density at radius 1 is 1.50 bits per heavy atom. The van der Waals surface area contributed by atoms with Crippen LogP contribution in [0.2, 0.25) is 0 Å². The average Bonchev–Trinajstić information content (AvgIpc) is 2.49. The van der Waals surface area contributed by atoms with Crippen LogP contribution in [0, 0.1) is 0 Å². The number of carboxylic acid groups (broad SMARTS) is 1. The highest BCUT2D eigenvalue weighted by atomic mass is 16.4. The Hall–Kier alpha value is -1.91. The van der Waals surface area contributed by atoms with Gasteiger partial charge in [-0.1, -0.05) is 0 Å². The largest absolute Gasteiger partial charge is 0.476 e. The molecule has 0 aliphatic rings. The van der Waals surface area contributed by atoms with Gasteiger partial charge >= 0.3 is 5.97 Å². The van der Waals surface area contributed by atoms with E-state index in [1.165, 1.54) is 12.6 Å². The van der Waals surface area contributed by atoms with E-state index in [9.17, 15) is 4.79 Å². The zero-order chi connectivity index (χ0) is 8.55. The predicted octanol–water partition coefficient (Wildman–Crippen LogP) is 0.921. The van der Waals surface area contributed by atoms with Crippen molar-refractivity contribution in [2.75, 3.05) is 0 Å². The Labute approximate surface area is 66.7 Å². The van der Waals surface area contributed by atoms with E-state index in [4.69, 9.17) is 9.52 Å². The number of rotatable bonds is 1. The first-order valence-corrected chi connectivity index (χ1v) is 3.20. The number of hydrogen-bond donors (Lipinski definition) is 1. The quantitative estimate of drug-likeness (QED) is 0.678. The van der Waals surface area contributed by atoms with E-state index in [2.05, 4.69) is 9.97 Å². The molecule has 60 valence electrons. The molecule has 0 saturated carbocycles. The molecule has 2 heterocycles. The van der Waals surface area contributed by atoms with Crippen LogP contribution in [-0.2, 0) is 0 Å². The molecule has 0 fully saturated rings. The Morgan fingerprint density at radius 3 is 3.08 bits per heavy atom. The molecule has 1 N–H and O–H groups in total. The van der Waals surface area contributed by atoms with Crippen molar-refractivity contribution < 1.29 is 14.3 Å². The van der Waals surface area contributed by atoms with Crippen LogP contribution in [0.4, 0.5) is 0 Å². The van der Waals surface area contributed by atoms with Crippen LogP contribution in [0.25, 0.3) is 11.1 Å². The Balaban J connectivity index is 2.82. The van der Waals surface area contributed by atoms with Crippen LogP contribution in [0.1, 0.15) is 10.5 Å². The minimum absolute atomic E-state index is 0.106. The van der Waals surface area contributed by atoms with Crippen LogP contribution in [0.15, 0.2) is 23.1 Å². The number of pyridine rings is 1. The lowest BCUT2D eigenvalue weighted by atomic mass is 10.3. The third kappa shape index (κ3) is 0.833. The molecule has 2 aromatic heterocycles. The molecule has 0 amide bonds. The molecule has 0 radical (unpaired) electrons. The van der Waals surface area contributed by atoms with Gasteiger partial charge < -0.3 is 9.52 Å². The van der Waals surface area contributed by atoms with Crippen LogP contribution in [0.5, 0.6) is 0 Å². The third-order valence-electron chi connectivity index (χ3n) is 1.45. The lowest BCUT2D eigenvalue weighted by Crippen LogP contribution is -1.99. The molecular weight excluding hydrogens is 160 g/mol. The summed E-state index contributed by atoms with van der Waals surface area (Å²) in [6, 6.07) is 1.59. The maximum atomic E-state index is 10.6. The fourth-order valence-electron chi connectivity index (χ4n) is 0.944. The molecule has 0 aliphatic carbocycles. The van der Waals surface area contributed by atoms with Crippen LogP contribution < -0.4 is 0 Å². The number of carboxylic acids is 1. The molecule has 12 heavy (non-hydrogen) atoms. The molecule has 0 bridgehead atoms. The predicted molar refractivity (Wildman–Crippen MR) is 38.8 cm³/mol. The van der Waals surface area contributed by atoms with Crippen molar-refractivity contribution in [2.24, 2.45) is 0 Å². The molecule has 0 unspecified atom stereocenters. The zero-order valence-corrected chi connectivity index (χ0v) is 5.89. The van der Waals surface area contributed by atoms with Crippen LogP contribution in [-0.4, -0.2) is 21.0 Å². The fourth-order valence-corrected chi connectivity index (χ4v) is 0.944. The minimum Gasteiger partial charge on any atom is -0.476 e. The summed E-state index contributed by atoms with van der Waals surface area (Å²) in [5.41, 5.74) is 0.609. The van der Waals surface area contributed by atoms with Crippen molar-refractivity contribution in [1.82, 2.24) is 9.97 Å². The van der Waals surface area contributed by atoms with Gasteiger partial charge in [-0.2, -0.15) is 0 Å². The third-order valence-corrected chi connectivity index (χ3v) is 1.45. The average molecular weight is 164 g/mol. The van der Waals surface area contributed by atoms with Crippen molar-refractivity contribution >= 4 is 17.1 Å². The number of nitrogens with zero attached hydrogens (tertiary/aromatic N) is 2. The maximum absolute atomic E-state index is 10.6. The second-order valence-corrected chi connectivity index (χ2v) is 2.17. The first-order valence-electron chi connectivity index (χ1n) is 3.20. The second-order valence-electron chi connectivity index (χ2n) is 2.17. The van der Waals surface area contributed by atoms with E-state index in [1.807, 2.05) is 0 Å². The van der Waals surface area contributed by atoms with E-state index in [1.54, 1.807) is 6.07 Å². The van der Waals surface area contributed by atoms with Gasteiger partial charge in [0.2, 0.25) is 0 Å². The number of fused-ring (bicyclic) bond motifs is 1. The lowest BCUT2D eigenvalue weighted by molar-refractivity contribution is 0.0691. The maximum Gasteiger partial charge on any atom is 0.358 e. The normalized spacial score (nSPS) is 10.3.